The van der Waals surface area contributed by atoms with Gasteiger partial charge in [0.1, 0.15) is 11.6 Å². The molecule has 0 spiro atoms. The van der Waals surface area contributed by atoms with Crippen LogP contribution in [0.15, 0.2) is 93.9 Å². The minimum atomic E-state index is -5.44. The van der Waals surface area contributed by atoms with Crippen LogP contribution in [-0.4, -0.2) is 34.4 Å². The summed E-state index contributed by atoms with van der Waals surface area (Å²) in [6.07, 6.45) is -15.0. The fourth-order valence-electron chi connectivity index (χ4n) is 4.80. The summed E-state index contributed by atoms with van der Waals surface area (Å²) in [5, 5.41) is 23.8. The SMILES string of the molecule is CCc1cc(CNC(=O)[C@](O)(c2ccccc2)C(F)(F)F)c(F)cc1Br.O=C(NCc1cc(C(F)(F)F)cc(Br)c1F)[C@](O)(c1ccccc1)C(F)(F)F. The lowest BCUT2D eigenvalue weighted by atomic mass is 9.92. The lowest BCUT2D eigenvalue weighted by Crippen LogP contribution is -2.54. The highest BCUT2D eigenvalue weighted by atomic mass is 79.9. The topological polar surface area (TPSA) is 98.7 Å². The fourth-order valence-corrected chi connectivity index (χ4v) is 5.90. The van der Waals surface area contributed by atoms with E-state index in [1.165, 1.54) is 36.4 Å². The second-order valence-electron chi connectivity index (χ2n) is 11.3. The lowest BCUT2D eigenvalue weighted by molar-refractivity contribution is -0.257. The average Bonchev–Trinajstić information content (AvgIpc) is 3.10. The molecule has 0 saturated heterocycles. The Labute approximate surface area is 316 Å². The number of amides is 2. The molecule has 2 amide bonds. The summed E-state index contributed by atoms with van der Waals surface area (Å²) >= 11 is 5.78. The molecule has 4 N–H and O–H groups in total. The lowest BCUT2D eigenvalue weighted by Gasteiger charge is -2.29. The van der Waals surface area contributed by atoms with Crippen LogP contribution in [0.25, 0.3) is 0 Å². The highest BCUT2D eigenvalue weighted by Gasteiger charge is 2.61. The summed E-state index contributed by atoms with van der Waals surface area (Å²) < 4.78 is 147. The van der Waals surface area contributed by atoms with Crippen molar-refractivity contribution in [1.29, 1.82) is 0 Å². The molecular weight excluding hydrogens is 881 g/mol. The molecule has 0 bridgehead atoms. The smallest absolute Gasteiger partial charge is 0.369 e. The number of aryl methyl sites for hydroxylation is 1. The number of nitrogens with one attached hydrogen (secondary N) is 2. The molecular formula is C35H27Br2F11N2O4. The third-order valence-corrected chi connectivity index (χ3v) is 9.08. The molecule has 54 heavy (non-hydrogen) atoms. The Kier molecular flexibility index (Phi) is 14.1. The van der Waals surface area contributed by atoms with Gasteiger partial charge in [-0.2, -0.15) is 39.5 Å². The first-order valence-electron chi connectivity index (χ1n) is 15.2. The predicted octanol–water partition coefficient (Wildman–Crippen LogP) is 8.89. The quantitative estimate of drug-likeness (QED) is 0.126. The van der Waals surface area contributed by atoms with E-state index >= 15 is 0 Å². The molecule has 0 aromatic heterocycles. The molecule has 19 heteroatoms. The van der Waals surface area contributed by atoms with Crippen LogP contribution in [0.3, 0.4) is 0 Å². The molecule has 0 saturated carbocycles. The molecule has 0 aliphatic heterocycles. The molecule has 0 heterocycles. The average molecular weight is 908 g/mol. The normalized spacial score (nSPS) is 14.2. The number of hydrogen-bond acceptors (Lipinski definition) is 4. The van der Waals surface area contributed by atoms with Gasteiger partial charge in [-0.15, -0.1) is 0 Å². The van der Waals surface area contributed by atoms with Crippen molar-refractivity contribution >= 4 is 43.7 Å². The Balaban J connectivity index is 0.000000291. The first-order valence-corrected chi connectivity index (χ1v) is 16.8. The van der Waals surface area contributed by atoms with E-state index in [0.717, 1.165) is 42.0 Å². The molecule has 0 radical (unpaired) electrons. The van der Waals surface area contributed by atoms with Crippen LogP contribution >= 0.6 is 31.9 Å². The second-order valence-corrected chi connectivity index (χ2v) is 13.0. The Morgan fingerprint density at radius 1 is 0.593 bits per heavy atom. The molecule has 0 fully saturated rings. The summed E-state index contributed by atoms with van der Waals surface area (Å²) in [4.78, 5) is 24.3. The van der Waals surface area contributed by atoms with Crippen LogP contribution in [0.2, 0.25) is 0 Å². The summed E-state index contributed by atoms with van der Waals surface area (Å²) in [6.45, 7) is 0.326. The zero-order valence-electron chi connectivity index (χ0n) is 27.3. The van der Waals surface area contributed by atoms with Crippen molar-refractivity contribution in [2.75, 3.05) is 0 Å². The van der Waals surface area contributed by atoms with E-state index in [9.17, 15) is 68.1 Å². The summed E-state index contributed by atoms with van der Waals surface area (Å²) in [5.41, 5.74) is -10.3. The Morgan fingerprint density at radius 2 is 1.02 bits per heavy atom. The number of halogens is 13. The molecule has 4 rings (SSSR count). The Morgan fingerprint density at radius 3 is 1.41 bits per heavy atom. The van der Waals surface area contributed by atoms with Gasteiger partial charge in [-0.05, 0) is 52.2 Å². The minimum Gasteiger partial charge on any atom is -0.369 e. The number of carbonyl (C=O) groups is 2. The van der Waals surface area contributed by atoms with E-state index in [-0.39, 0.29) is 5.56 Å². The maximum Gasteiger partial charge on any atom is 0.430 e. The molecule has 4 aromatic carbocycles. The van der Waals surface area contributed by atoms with Crippen LogP contribution < -0.4 is 10.6 Å². The van der Waals surface area contributed by atoms with Gasteiger partial charge in [0.05, 0.1) is 10.0 Å². The van der Waals surface area contributed by atoms with Gasteiger partial charge in [-0.3, -0.25) is 9.59 Å². The molecule has 6 nitrogen and oxygen atoms in total. The van der Waals surface area contributed by atoms with Crippen molar-refractivity contribution in [2.45, 2.75) is 56.2 Å². The predicted molar refractivity (Wildman–Crippen MR) is 179 cm³/mol. The van der Waals surface area contributed by atoms with Crippen LogP contribution in [0.4, 0.5) is 48.3 Å². The summed E-state index contributed by atoms with van der Waals surface area (Å²) in [6, 6.07) is 14.9. The van der Waals surface area contributed by atoms with Crippen LogP contribution in [0, 0.1) is 11.6 Å². The molecule has 2 atom stereocenters. The first-order chi connectivity index (χ1) is 24.9. The van der Waals surface area contributed by atoms with Crippen LogP contribution in [-0.2, 0) is 46.5 Å². The molecule has 0 aliphatic carbocycles. The summed E-state index contributed by atoms with van der Waals surface area (Å²) in [5.74, 6) is -5.50. The van der Waals surface area contributed by atoms with E-state index in [0.29, 0.717) is 23.0 Å². The van der Waals surface area contributed by atoms with Gasteiger partial charge in [-0.1, -0.05) is 83.5 Å². The van der Waals surface area contributed by atoms with Crippen molar-refractivity contribution in [2.24, 2.45) is 0 Å². The van der Waals surface area contributed by atoms with Gasteiger partial charge in [0.15, 0.2) is 0 Å². The van der Waals surface area contributed by atoms with Crippen molar-refractivity contribution in [3.05, 3.63) is 139 Å². The van der Waals surface area contributed by atoms with Gasteiger partial charge in [-0.25, -0.2) is 8.78 Å². The number of aliphatic hydroxyl groups is 2. The van der Waals surface area contributed by atoms with Crippen LogP contribution in [0.1, 0.15) is 40.3 Å². The van der Waals surface area contributed by atoms with E-state index in [4.69, 9.17) is 0 Å². The number of rotatable bonds is 9. The van der Waals surface area contributed by atoms with Gasteiger partial charge in [0, 0.05) is 39.8 Å². The third-order valence-electron chi connectivity index (χ3n) is 7.77. The van der Waals surface area contributed by atoms with Crippen molar-refractivity contribution in [1.82, 2.24) is 10.6 Å². The van der Waals surface area contributed by atoms with Crippen molar-refractivity contribution < 1.29 is 68.1 Å². The summed E-state index contributed by atoms with van der Waals surface area (Å²) in [7, 11) is 0. The highest BCUT2D eigenvalue weighted by Crippen LogP contribution is 2.41. The zero-order chi connectivity index (χ0) is 40.9. The fraction of sp³-hybridized carbons (Fsp3) is 0.257. The molecule has 292 valence electrons. The van der Waals surface area contributed by atoms with Crippen molar-refractivity contribution in [3.8, 4) is 0 Å². The van der Waals surface area contributed by atoms with E-state index in [1.807, 2.05) is 12.2 Å². The van der Waals surface area contributed by atoms with Gasteiger partial charge >= 0.3 is 18.5 Å². The number of alkyl halides is 9. The largest absolute Gasteiger partial charge is 0.430 e. The van der Waals surface area contributed by atoms with Crippen molar-refractivity contribution in [3.63, 3.8) is 0 Å². The first kappa shape index (κ1) is 44.3. The van der Waals surface area contributed by atoms with E-state index < -0.39 is 93.0 Å². The van der Waals surface area contributed by atoms with E-state index in [2.05, 4.69) is 31.9 Å². The Bertz CT molecular complexity index is 1940. The number of benzene rings is 4. The molecule has 0 aliphatic rings. The second kappa shape index (κ2) is 17.2. The zero-order valence-corrected chi connectivity index (χ0v) is 30.5. The third kappa shape index (κ3) is 9.77. The Hall–Kier alpha value is -4.07. The number of carbonyl (C=O) groups excluding carboxylic acids is 2. The standard InChI is InChI=1S/C18H16BrF4NO2.C17H11BrF7NO2/c1-2-11-8-12(15(20)9-14(11)19)10-24-16(25)17(26,18(21,22)23)13-6-4-3-5-7-13;18-12-7-11(16(20,21)22)6-9(13(12)19)8-26-14(27)15(28,17(23,24)25)10-4-2-1-3-5-10/h3-9,26H,2,10H2,1H3,(H,24,25);1-7,28H,8H2,(H,26,27)/t17-;15-/m11/s1. The monoisotopic (exact) mass is 906 g/mol. The van der Waals surface area contributed by atoms with Gasteiger partial charge in [0.2, 0.25) is 0 Å². The van der Waals surface area contributed by atoms with Crippen LogP contribution in [0.5, 0.6) is 0 Å². The number of hydrogen-bond donors (Lipinski definition) is 4. The molecule has 0 unspecified atom stereocenters. The highest BCUT2D eigenvalue weighted by molar-refractivity contribution is 9.10. The minimum absolute atomic E-state index is 0.0241. The maximum absolute atomic E-state index is 14.0. The van der Waals surface area contributed by atoms with E-state index in [1.54, 1.807) is 5.32 Å². The molecule has 4 aromatic rings. The van der Waals surface area contributed by atoms with Gasteiger partial charge < -0.3 is 20.8 Å². The van der Waals surface area contributed by atoms with Gasteiger partial charge in [0.25, 0.3) is 23.0 Å². The maximum atomic E-state index is 14.0.